The highest BCUT2D eigenvalue weighted by Gasteiger charge is 2.19. The number of nitrogens with one attached hydrogen (secondary N) is 1. The van der Waals surface area contributed by atoms with Crippen molar-refractivity contribution in [2.75, 3.05) is 31.1 Å². The van der Waals surface area contributed by atoms with Gasteiger partial charge in [0.25, 0.3) is 0 Å². The van der Waals surface area contributed by atoms with Gasteiger partial charge in [-0.1, -0.05) is 54.6 Å². The lowest BCUT2D eigenvalue weighted by Gasteiger charge is -2.33. The van der Waals surface area contributed by atoms with E-state index in [1.807, 2.05) is 12.3 Å². The summed E-state index contributed by atoms with van der Waals surface area (Å²) in [6, 6.07) is 23.5. The highest BCUT2D eigenvalue weighted by atomic mass is 15.2. The number of rotatable bonds is 4. The fraction of sp³-hybridized carbons (Fsp3) is 0.227. The van der Waals surface area contributed by atoms with E-state index < -0.39 is 0 Å². The first-order valence-corrected chi connectivity index (χ1v) is 8.95. The monoisotopic (exact) mass is 329 g/mol. The molecule has 0 atom stereocenters. The molecule has 3 aromatic rings. The second-order valence-electron chi connectivity index (χ2n) is 6.43. The quantitative estimate of drug-likeness (QED) is 0.790. The predicted octanol–water partition coefficient (Wildman–Crippen LogP) is 3.75. The van der Waals surface area contributed by atoms with Gasteiger partial charge in [0, 0.05) is 43.6 Å². The molecular formula is C22H23N3. The largest absolute Gasteiger partial charge is 0.368 e. The summed E-state index contributed by atoms with van der Waals surface area (Å²) in [6.45, 7) is 4.12. The van der Waals surface area contributed by atoms with Crippen LogP contribution in [0.25, 0.3) is 11.3 Å². The van der Waals surface area contributed by atoms with Crippen LogP contribution in [-0.2, 0) is 6.42 Å². The minimum absolute atomic E-state index is 0.945. The van der Waals surface area contributed by atoms with Gasteiger partial charge >= 0.3 is 0 Å². The van der Waals surface area contributed by atoms with Gasteiger partial charge in [-0.15, -0.1) is 0 Å². The first-order chi connectivity index (χ1) is 12.4. The molecule has 1 fully saturated rings. The number of benzene rings is 2. The Balaban J connectivity index is 1.80. The maximum atomic E-state index is 4.61. The van der Waals surface area contributed by atoms with E-state index in [9.17, 15) is 0 Å². The molecule has 1 saturated heterocycles. The lowest BCUT2D eigenvalue weighted by molar-refractivity contribution is 0.588. The Morgan fingerprint density at radius 2 is 1.64 bits per heavy atom. The number of nitrogens with zero attached hydrogens (tertiary/aromatic N) is 2. The maximum absolute atomic E-state index is 4.61. The molecule has 0 amide bonds. The summed E-state index contributed by atoms with van der Waals surface area (Å²) >= 11 is 0. The zero-order chi connectivity index (χ0) is 16.9. The third-order valence-electron chi connectivity index (χ3n) is 4.73. The van der Waals surface area contributed by atoms with Crippen LogP contribution in [0.5, 0.6) is 0 Å². The number of hydrogen-bond donors (Lipinski definition) is 1. The molecule has 25 heavy (non-hydrogen) atoms. The topological polar surface area (TPSA) is 28.2 Å². The van der Waals surface area contributed by atoms with Crippen LogP contribution in [0.3, 0.4) is 0 Å². The highest BCUT2D eigenvalue weighted by molar-refractivity contribution is 5.79. The van der Waals surface area contributed by atoms with Crippen molar-refractivity contribution < 1.29 is 0 Å². The van der Waals surface area contributed by atoms with Gasteiger partial charge in [-0.25, -0.2) is 0 Å². The van der Waals surface area contributed by atoms with E-state index in [1.165, 1.54) is 22.4 Å². The van der Waals surface area contributed by atoms with Gasteiger partial charge in [-0.2, -0.15) is 0 Å². The standard InChI is InChI=1S/C22H23N3/c1-2-7-18(8-3-1)17-19-9-6-10-20(21-11-4-5-12-24-21)22(19)25-15-13-23-14-16-25/h1-12,23H,13-17H2. The number of aromatic nitrogens is 1. The molecule has 0 unspecified atom stereocenters. The Bertz CT molecular complexity index is 809. The number of para-hydroxylation sites is 1. The van der Waals surface area contributed by atoms with Crippen LogP contribution in [0.2, 0.25) is 0 Å². The Kier molecular flexibility index (Phi) is 4.75. The predicted molar refractivity (Wildman–Crippen MR) is 104 cm³/mol. The summed E-state index contributed by atoms with van der Waals surface area (Å²) in [5, 5.41) is 3.46. The minimum atomic E-state index is 0.945. The van der Waals surface area contributed by atoms with Gasteiger partial charge in [0.1, 0.15) is 0 Å². The lowest BCUT2D eigenvalue weighted by Crippen LogP contribution is -2.44. The van der Waals surface area contributed by atoms with Crippen LogP contribution in [0.4, 0.5) is 5.69 Å². The average Bonchev–Trinajstić information content (AvgIpc) is 2.70. The smallest absolute Gasteiger partial charge is 0.0722 e. The van der Waals surface area contributed by atoms with Crippen LogP contribution in [-0.4, -0.2) is 31.2 Å². The van der Waals surface area contributed by atoms with Crippen LogP contribution in [0, 0.1) is 0 Å². The zero-order valence-corrected chi connectivity index (χ0v) is 14.4. The second-order valence-corrected chi connectivity index (χ2v) is 6.43. The van der Waals surface area contributed by atoms with Gasteiger partial charge in [0.2, 0.25) is 0 Å². The van der Waals surface area contributed by atoms with Gasteiger partial charge in [0.05, 0.1) is 5.69 Å². The van der Waals surface area contributed by atoms with E-state index in [0.717, 1.165) is 38.3 Å². The molecular weight excluding hydrogens is 306 g/mol. The molecule has 1 aromatic heterocycles. The molecule has 0 aliphatic carbocycles. The van der Waals surface area contributed by atoms with Gasteiger partial charge in [0.15, 0.2) is 0 Å². The number of pyridine rings is 1. The molecule has 0 bridgehead atoms. The van der Waals surface area contributed by atoms with Crippen LogP contribution < -0.4 is 10.2 Å². The van der Waals surface area contributed by atoms with Crippen LogP contribution in [0.15, 0.2) is 72.9 Å². The molecule has 1 aliphatic rings. The Morgan fingerprint density at radius 1 is 0.840 bits per heavy atom. The molecule has 2 heterocycles. The Hall–Kier alpha value is -2.65. The third kappa shape index (κ3) is 3.57. The normalized spacial score (nSPS) is 14.5. The van der Waals surface area contributed by atoms with Crippen molar-refractivity contribution in [2.24, 2.45) is 0 Å². The van der Waals surface area contributed by atoms with Crippen molar-refractivity contribution in [1.29, 1.82) is 0 Å². The summed E-state index contributed by atoms with van der Waals surface area (Å²) in [4.78, 5) is 7.12. The molecule has 0 saturated carbocycles. The molecule has 3 heteroatoms. The lowest BCUT2D eigenvalue weighted by atomic mass is 9.97. The molecule has 1 N–H and O–H groups in total. The van der Waals surface area contributed by atoms with Gasteiger partial charge < -0.3 is 10.2 Å². The molecule has 4 rings (SSSR count). The Morgan fingerprint density at radius 3 is 2.40 bits per heavy atom. The molecule has 0 spiro atoms. The van der Waals surface area contributed by atoms with E-state index in [0.29, 0.717) is 0 Å². The third-order valence-corrected chi connectivity index (χ3v) is 4.73. The van der Waals surface area contributed by atoms with E-state index in [4.69, 9.17) is 0 Å². The van der Waals surface area contributed by atoms with Crippen molar-refractivity contribution >= 4 is 5.69 Å². The van der Waals surface area contributed by atoms with E-state index >= 15 is 0 Å². The first kappa shape index (κ1) is 15.9. The maximum Gasteiger partial charge on any atom is 0.0722 e. The molecule has 3 nitrogen and oxygen atoms in total. The van der Waals surface area contributed by atoms with Gasteiger partial charge in [-0.3, -0.25) is 4.98 Å². The average molecular weight is 329 g/mol. The number of hydrogen-bond acceptors (Lipinski definition) is 3. The molecule has 2 aromatic carbocycles. The number of anilines is 1. The van der Waals surface area contributed by atoms with E-state index in [2.05, 4.69) is 75.9 Å². The van der Waals surface area contributed by atoms with Crippen molar-refractivity contribution in [2.45, 2.75) is 6.42 Å². The fourth-order valence-corrected chi connectivity index (χ4v) is 3.54. The molecule has 0 radical (unpaired) electrons. The second kappa shape index (κ2) is 7.49. The van der Waals surface area contributed by atoms with Crippen LogP contribution in [0.1, 0.15) is 11.1 Å². The zero-order valence-electron chi connectivity index (χ0n) is 14.4. The van der Waals surface area contributed by atoms with Crippen molar-refractivity contribution in [3.63, 3.8) is 0 Å². The summed E-state index contributed by atoms with van der Waals surface area (Å²) in [5.74, 6) is 0. The van der Waals surface area contributed by atoms with Crippen LogP contribution >= 0.6 is 0 Å². The fourth-order valence-electron chi connectivity index (χ4n) is 3.54. The Labute approximate surface area is 149 Å². The van der Waals surface area contributed by atoms with Gasteiger partial charge in [-0.05, 0) is 29.7 Å². The van der Waals surface area contributed by atoms with E-state index in [1.54, 1.807) is 0 Å². The van der Waals surface area contributed by atoms with E-state index in [-0.39, 0.29) is 0 Å². The van der Waals surface area contributed by atoms with Crippen molar-refractivity contribution in [3.05, 3.63) is 84.1 Å². The summed E-state index contributed by atoms with van der Waals surface area (Å²) < 4.78 is 0. The summed E-state index contributed by atoms with van der Waals surface area (Å²) in [7, 11) is 0. The van der Waals surface area contributed by atoms with Crippen molar-refractivity contribution in [1.82, 2.24) is 10.3 Å². The molecule has 1 aliphatic heterocycles. The minimum Gasteiger partial charge on any atom is -0.368 e. The first-order valence-electron chi connectivity index (χ1n) is 8.95. The number of piperazine rings is 1. The van der Waals surface area contributed by atoms with Crippen molar-refractivity contribution in [3.8, 4) is 11.3 Å². The summed E-state index contributed by atoms with van der Waals surface area (Å²) in [5.41, 5.74) is 6.33. The summed E-state index contributed by atoms with van der Waals surface area (Å²) in [6.07, 6.45) is 2.82. The highest BCUT2D eigenvalue weighted by Crippen LogP contribution is 2.34. The molecule has 126 valence electrons. The SMILES string of the molecule is c1ccc(Cc2cccc(-c3ccccn3)c2N2CCNCC2)cc1.